The number of nitrogens with one attached hydrogen (secondary N) is 2. The number of morpholine rings is 1. The maximum Gasteiger partial charge on any atom is 0.338 e. The smallest absolute Gasteiger partial charge is 0.338 e. The number of benzene rings is 3. The summed E-state index contributed by atoms with van der Waals surface area (Å²) in [4.78, 5) is 37.4. The summed E-state index contributed by atoms with van der Waals surface area (Å²) in [5.41, 5.74) is 1.09. The maximum absolute atomic E-state index is 14.4. The van der Waals surface area contributed by atoms with Gasteiger partial charge in [-0.3, -0.25) is 9.59 Å². The van der Waals surface area contributed by atoms with Gasteiger partial charge in [-0.25, -0.2) is 17.6 Å². The van der Waals surface area contributed by atoms with E-state index < -0.39 is 45.1 Å². The number of amides is 2. The first-order valence-corrected chi connectivity index (χ1v) is 13.9. The Hall–Kier alpha value is -4.13. The van der Waals surface area contributed by atoms with E-state index in [1.165, 1.54) is 6.07 Å². The van der Waals surface area contributed by atoms with Gasteiger partial charge in [-0.2, -0.15) is 4.31 Å². The molecule has 1 saturated heterocycles. The zero-order valence-corrected chi connectivity index (χ0v) is 22.4. The zero-order chi connectivity index (χ0) is 28.7. The van der Waals surface area contributed by atoms with E-state index in [1.807, 2.05) is 37.3 Å². The molecule has 0 spiro atoms. The van der Waals surface area contributed by atoms with Crippen molar-refractivity contribution < 1.29 is 36.7 Å². The van der Waals surface area contributed by atoms with Crippen molar-refractivity contribution in [2.45, 2.75) is 17.9 Å². The summed E-state index contributed by atoms with van der Waals surface area (Å²) in [5, 5.41) is 5.43. The molecule has 2 N–H and O–H groups in total. The van der Waals surface area contributed by atoms with E-state index >= 15 is 0 Å². The lowest BCUT2D eigenvalue weighted by molar-refractivity contribution is -0.119. The van der Waals surface area contributed by atoms with Crippen LogP contribution in [0.2, 0.25) is 0 Å². The molecule has 3 aromatic rings. The average Bonchev–Trinajstić information content (AvgIpc) is 2.97. The predicted molar refractivity (Wildman–Crippen MR) is 144 cm³/mol. The van der Waals surface area contributed by atoms with Gasteiger partial charge in [-0.05, 0) is 42.8 Å². The highest BCUT2D eigenvalue weighted by atomic mass is 32.2. The second-order valence-electron chi connectivity index (χ2n) is 8.94. The number of ether oxygens (including phenoxy) is 2. The largest absolute Gasteiger partial charge is 0.452 e. The maximum atomic E-state index is 14.4. The fourth-order valence-electron chi connectivity index (χ4n) is 4.04. The second kappa shape index (κ2) is 12.8. The lowest BCUT2D eigenvalue weighted by Gasteiger charge is -2.26. The molecule has 4 rings (SSSR count). The molecule has 1 aliphatic rings. The van der Waals surface area contributed by atoms with Gasteiger partial charge in [0.15, 0.2) is 6.61 Å². The third kappa shape index (κ3) is 6.89. The molecular weight excluding hydrogens is 541 g/mol. The number of esters is 1. The predicted octanol–water partition coefficient (Wildman–Crippen LogP) is 3.13. The highest BCUT2D eigenvalue weighted by molar-refractivity contribution is 7.89. The molecule has 0 radical (unpaired) electrons. The summed E-state index contributed by atoms with van der Waals surface area (Å²) in [6.45, 7) is 1.57. The van der Waals surface area contributed by atoms with Gasteiger partial charge >= 0.3 is 5.97 Å². The molecule has 1 heterocycles. The zero-order valence-electron chi connectivity index (χ0n) is 21.6. The molecular formula is C28H28FN3O7S. The van der Waals surface area contributed by atoms with Gasteiger partial charge in [0.1, 0.15) is 10.7 Å². The Kier molecular flexibility index (Phi) is 9.25. The number of rotatable bonds is 9. The summed E-state index contributed by atoms with van der Waals surface area (Å²) in [5.74, 6) is -3.17. The fraction of sp³-hybridized carbons (Fsp3) is 0.250. The van der Waals surface area contributed by atoms with Crippen LogP contribution in [0.25, 0.3) is 0 Å². The molecule has 3 aromatic carbocycles. The molecule has 12 heteroatoms. The Morgan fingerprint density at radius 2 is 1.68 bits per heavy atom. The van der Waals surface area contributed by atoms with Crippen LogP contribution in [0.1, 0.15) is 39.2 Å². The number of nitrogens with zero attached hydrogens (tertiary/aromatic N) is 1. The van der Waals surface area contributed by atoms with Gasteiger partial charge in [-0.15, -0.1) is 0 Å². The monoisotopic (exact) mass is 569 g/mol. The van der Waals surface area contributed by atoms with Crippen LogP contribution < -0.4 is 10.6 Å². The highest BCUT2D eigenvalue weighted by Crippen LogP contribution is 2.23. The molecule has 1 fully saturated rings. The van der Waals surface area contributed by atoms with Crippen molar-refractivity contribution in [3.63, 3.8) is 0 Å². The van der Waals surface area contributed by atoms with Gasteiger partial charge in [0.05, 0.1) is 36.1 Å². The molecule has 10 nitrogen and oxygen atoms in total. The molecule has 2 amide bonds. The quantitative estimate of drug-likeness (QED) is 0.379. The first kappa shape index (κ1) is 28.9. The average molecular weight is 570 g/mol. The Morgan fingerprint density at radius 1 is 1.00 bits per heavy atom. The van der Waals surface area contributed by atoms with Gasteiger partial charge < -0.3 is 20.1 Å². The topological polar surface area (TPSA) is 131 Å². The second-order valence-corrected chi connectivity index (χ2v) is 10.8. The third-order valence-corrected chi connectivity index (χ3v) is 8.10. The van der Waals surface area contributed by atoms with Crippen LogP contribution in [0.3, 0.4) is 0 Å². The highest BCUT2D eigenvalue weighted by Gasteiger charge is 2.30. The van der Waals surface area contributed by atoms with Crippen molar-refractivity contribution in [2.24, 2.45) is 0 Å². The summed E-state index contributed by atoms with van der Waals surface area (Å²) in [6, 6.07) is 18.3. The first-order valence-electron chi connectivity index (χ1n) is 12.5. The van der Waals surface area contributed by atoms with Crippen LogP contribution in [-0.4, -0.2) is 63.4 Å². The lowest BCUT2D eigenvalue weighted by Crippen LogP contribution is -2.41. The van der Waals surface area contributed by atoms with Crippen LogP contribution in [0.5, 0.6) is 0 Å². The summed E-state index contributed by atoms with van der Waals surface area (Å²) >= 11 is 0. The standard InChI is InChI=1S/C28H28FN3O7S/c1-19(20-7-3-2-4-8-20)30-27(34)22-9-5-6-10-24(22)31-26(33)18-39-28(35)21-11-12-23(29)25(17-21)40(36,37)32-13-15-38-16-14-32/h2-12,17,19H,13-16,18H2,1H3,(H,30,34)(H,31,33)/t19-/m1/s1. The lowest BCUT2D eigenvalue weighted by atomic mass is 10.1. The number of hydrogen-bond acceptors (Lipinski definition) is 7. The molecule has 0 bridgehead atoms. The van der Waals surface area contributed by atoms with Crippen LogP contribution in [0.15, 0.2) is 77.7 Å². The van der Waals surface area contributed by atoms with Crippen molar-refractivity contribution in [2.75, 3.05) is 38.2 Å². The van der Waals surface area contributed by atoms with E-state index in [0.29, 0.717) is 0 Å². The van der Waals surface area contributed by atoms with Crippen LogP contribution >= 0.6 is 0 Å². The molecule has 0 unspecified atom stereocenters. The minimum Gasteiger partial charge on any atom is -0.452 e. The Bertz CT molecular complexity index is 1490. The van der Waals surface area contributed by atoms with Crippen LogP contribution in [0.4, 0.5) is 10.1 Å². The molecule has 1 atom stereocenters. The number of anilines is 1. The molecule has 40 heavy (non-hydrogen) atoms. The van der Waals surface area contributed by atoms with Gasteiger partial charge in [-0.1, -0.05) is 42.5 Å². The van der Waals surface area contributed by atoms with Crippen molar-refractivity contribution >= 4 is 33.5 Å². The van der Waals surface area contributed by atoms with Crippen LogP contribution in [0, 0.1) is 5.82 Å². The molecule has 0 aromatic heterocycles. The summed E-state index contributed by atoms with van der Waals surface area (Å²) in [6.07, 6.45) is 0. The Morgan fingerprint density at radius 3 is 2.40 bits per heavy atom. The molecule has 1 aliphatic heterocycles. The Labute approximate surface area is 231 Å². The number of carbonyl (C=O) groups excluding carboxylic acids is 3. The number of hydrogen-bond donors (Lipinski definition) is 2. The van der Waals surface area contributed by atoms with Gasteiger partial charge in [0.25, 0.3) is 11.8 Å². The van der Waals surface area contributed by atoms with Gasteiger partial charge in [0, 0.05) is 13.1 Å². The van der Waals surface area contributed by atoms with E-state index in [-0.39, 0.29) is 49.2 Å². The fourth-order valence-corrected chi connectivity index (χ4v) is 5.54. The van der Waals surface area contributed by atoms with E-state index in [9.17, 15) is 27.2 Å². The van der Waals surface area contributed by atoms with Gasteiger partial charge in [0.2, 0.25) is 10.0 Å². The minimum atomic E-state index is -4.21. The van der Waals surface area contributed by atoms with E-state index in [2.05, 4.69) is 10.6 Å². The summed E-state index contributed by atoms with van der Waals surface area (Å²) < 4.78 is 51.4. The van der Waals surface area contributed by atoms with Crippen molar-refractivity contribution in [1.29, 1.82) is 0 Å². The SMILES string of the molecule is C[C@@H](NC(=O)c1ccccc1NC(=O)COC(=O)c1ccc(F)c(S(=O)(=O)N2CCOCC2)c1)c1ccccc1. The van der Waals surface area contributed by atoms with Crippen molar-refractivity contribution in [3.05, 3.63) is 95.3 Å². The van der Waals surface area contributed by atoms with Crippen molar-refractivity contribution in [1.82, 2.24) is 9.62 Å². The third-order valence-electron chi connectivity index (χ3n) is 6.18. The molecule has 210 valence electrons. The van der Waals surface area contributed by atoms with Crippen LogP contribution in [-0.2, 0) is 24.3 Å². The normalized spacial score (nSPS) is 14.7. The first-order chi connectivity index (χ1) is 19.2. The van der Waals surface area contributed by atoms with Crippen molar-refractivity contribution in [3.8, 4) is 0 Å². The van der Waals surface area contributed by atoms with E-state index in [1.54, 1.807) is 18.2 Å². The van der Waals surface area contributed by atoms with E-state index in [0.717, 1.165) is 28.1 Å². The minimum absolute atomic E-state index is 0.0568. The molecule has 0 aliphatic carbocycles. The Balaban J connectivity index is 1.39. The summed E-state index contributed by atoms with van der Waals surface area (Å²) in [7, 11) is -4.21. The number of sulfonamides is 1. The molecule has 0 saturated carbocycles. The van der Waals surface area contributed by atoms with E-state index in [4.69, 9.17) is 9.47 Å². The number of carbonyl (C=O) groups is 3. The number of halogens is 1. The number of para-hydroxylation sites is 1.